The third kappa shape index (κ3) is 18.4. The first-order chi connectivity index (χ1) is 14.2. The Balaban J connectivity index is 4.32. The molecule has 0 aromatic rings. The van der Waals surface area contributed by atoms with Gasteiger partial charge in [0.15, 0.2) is 6.29 Å². The zero-order valence-electron chi connectivity index (χ0n) is 20.4. The molecule has 0 radical (unpaired) electrons. The molecule has 0 bridgehead atoms. The summed E-state index contributed by atoms with van der Waals surface area (Å²) in [4.78, 5) is 0. The van der Waals surface area contributed by atoms with Gasteiger partial charge in [-0.2, -0.15) is 0 Å². The first-order valence-electron chi connectivity index (χ1n) is 13.1. The molecule has 0 aliphatic rings. The number of unbranched alkanes of at least 4 members (excludes halogenated alkanes) is 4. The fourth-order valence-corrected chi connectivity index (χ4v) is 4.04. The van der Waals surface area contributed by atoms with Crippen LogP contribution in [0.15, 0.2) is 0 Å². The van der Waals surface area contributed by atoms with E-state index in [1.54, 1.807) is 0 Å². The van der Waals surface area contributed by atoms with E-state index in [0.29, 0.717) is 0 Å². The molecule has 3 heteroatoms. The molecular formula is C26H54O3. The maximum absolute atomic E-state index is 9.22. The molecule has 0 heterocycles. The summed E-state index contributed by atoms with van der Waals surface area (Å²) in [5.74, 6) is 1.58. The Bertz CT molecular complexity index is 266. The monoisotopic (exact) mass is 414 g/mol. The lowest BCUT2D eigenvalue weighted by Crippen LogP contribution is -2.21. The van der Waals surface area contributed by atoms with E-state index in [2.05, 4.69) is 27.7 Å². The smallest absolute Gasteiger partial charge is 0.157 e. The summed E-state index contributed by atoms with van der Waals surface area (Å²) in [5, 5.41) is 9.22. The number of hydrogen-bond donors (Lipinski definition) is 1. The van der Waals surface area contributed by atoms with E-state index in [1.165, 1.54) is 77.0 Å². The van der Waals surface area contributed by atoms with Crippen LogP contribution in [0, 0.1) is 11.8 Å². The first-order valence-corrected chi connectivity index (χ1v) is 13.1. The minimum atomic E-state index is -0.141. The van der Waals surface area contributed by atoms with Crippen molar-refractivity contribution in [3.8, 4) is 0 Å². The Morgan fingerprint density at radius 2 is 0.897 bits per heavy atom. The maximum Gasteiger partial charge on any atom is 0.157 e. The van der Waals surface area contributed by atoms with Crippen LogP contribution in [0.25, 0.3) is 0 Å². The van der Waals surface area contributed by atoms with Crippen molar-refractivity contribution in [1.29, 1.82) is 0 Å². The molecule has 29 heavy (non-hydrogen) atoms. The van der Waals surface area contributed by atoms with E-state index < -0.39 is 0 Å². The van der Waals surface area contributed by atoms with Crippen LogP contribution in [0.5, 0.6) is 0 Å². The third-order valence-corrected chi connectivity index (χ3v) is 6.12. The van der Waals surface area contributed by atoms with Gasteiger partial charge in [-0.05, 0) is 31.1 Å². The van der Waals surface area contributed by atoms with Crippen molar-refractivity contribution in [1.82, 2.24) is 0 Å². The van der Waals surface area contributed by atoms with Crippen molar-refractivity contribution in [3.63, 3.8) is 0 Å². The van der Waals surface area contributed by atoms with Gasteiger partial charge in [0.05, 0.1) is 0 Å². The summed E-state index contributed by atoms with van der Waals surface area (Å²) < 4.78 is 12.3. The zero-order chi connectivity index (χ0) is 21.6. The Morgan fingerprint density at radius 3 is 1.21 bits per heavy atom. The van der Waals surface area contributed by atoms with Gasteiger partial charge in [-0.25, -0.2) is 0 Å². The van der Waals surface area contributed by atoms with E-state index in [1.807, 2.05) is 0 Å². The van der Waals surface area contributed by atoms with Gasteiger partial charge in [0.25, 0.3) is 0 Å². The number of aliphatic hydroxyl groups is 1. The standard InChI is InChI=1S/C26H54O3/c1-5-9-14-24(15-10-6-2)19-22-28-26(18-13-21-27)29-23-20-25(16-11-7-3)17-12-8-4/h24-27H,5-23H2,1-4H3. The van der Waals surface area contributed by atoms with Gasteiger partial charge < -0.3 is 14.6 Å². The second kappa shape index (κ2) is 22.6. The lowest BCUT2D eigenvalue weighted by Gasteiger charge is -2.23. The third-order valence-electron chi connectivity index (χ3n) is 6.12. The van der Waals surface area contributed by atoms with Crippen LogP contribution < -0.4 is 0 Å². The van der Waals surface area contributed by atoms with Crippen LogP contribution >= 0.6 is 0 Å². The molecule has 0 saturated heterocycles. The molecule has 0 unspecified atom stereocenters. The summed E-state index contributed by atoms with van der Waals surface area (Å²) in [5.41, 5.74) is 0. The molecule has 0 atom stereocenters. The Kier molecular flexibility index (Phi) is 22.5. The molecule has 0 amide bonds. The molecule has 0 fully saturated rings. The highest BCUT2D eigenvalue weighted by molar-refractivity contribution is 4.62. The lowest BCUT2D eigenvalue weighted by atomic mass is 9.93. The minimum absolute atomic E-state index is 0.141. The summed E-state index contributed by atoms with van der Waals surface area (Å²) in [6.07, 6.45) is 19.5. The predicted molar refractivity (Wildman–Crippen MR) is 126 cm³/mol. The van der Waals surface area contributed by atoms with Crippen molar-refractivity contribution < 1.29 is 14.6 Å². The summed E-state index contributed by atoms with van der Waals surface area (Å²) in [6, 6.07) is 0. The molecule has 1 N–H and O–H groups in total. The van der Waals surface area contributed by atoms with Gasteiger partial charge in [-0.15, -0.1) is 0 Å². The number of rotatable bonds is 23. The van der Waals surface area contributed by atoms with Crippen LogP contribution in [0.3, 0.4) is 0 Å². The first kappa shape index (κ1) is 28.9. The largest absolute Gasteiger partial charge is 0.396 e. The van der Waals surface area contributed by atoms with E-state index in [0.717, 1.165) is 50.7 Å². The van der Waals surface area contributed by atoms with E-state index >= 15 is 0 Å². The van der Waals surface area contributed by atoms with Gasteiger partial charge in [0.2, 0.25) is 0 Å². The molecule has 0 aliphatic carbocycles. The highest BCUT2D eigenvalue weighted by Crippen LogP contribution is 2.22. The van der Waals surface area contributed by atoms with Gasteiger partial charge in [0.1, 0.15) is 0 Å². The Morgan fingerprint density at radius 1 is 0.517 bits per heavy atom. The molecule has 3 nitrogen and oxygen atoms in total. The van der Waals surface area contributed by atoms with Crippen LogP contribution in [-0.2, 0) is 9.47 Å². The average Bonchev–Trinajstić information content (AvgIpc) is 2.74. The maximum atomic E-state index is 9.22. The van der Waals surface area contributed by atoms with Crippen LogP contribution in [-0.4, -0.2) is 31.2 Å². The van der Waals surface area contributed by atoms with Gasteiger partial charge in [-0.3, -0.25) is 0 Å². The fourth-order valence-electron chi connectivity index (χ4n) is 4.04. The van der Waals surface area contributed by atoms with E-state index in [4.69, 9.17) is 9.47 Å². The van der Waals surface area contributed by atoms with Crippen molar-refractivity contribution >= 4 is 0 Å². The molecule has 0 aromatic heterocycles. The zero-order valence-corrected chi connectivity index (χ0v) is 20.4. The Labute approximate surface area is 183 Å². The predicted octanol–water partition coefficient (Wildman–Crippen LogP) is 7.89. The normalized spacial score (nSPS) is 12.0. The molecule has 0 saturated carbocycles. The van der Waals surface area contributed by atoms with Crippen LogP contribution in [0.4, 0.5) is 0 Å². The molecular weight excluding hydrogens is 360 g/mol. The second-order valence-corrected chi connectivity index (χ2v) is 8.92. The van der Waals surface area contributed by atoms with E-state index in [-0.39, 0.29) is 12.9 Å². The van der Waals surface area contributed by atoms with E-state index in [9.17, 15) is 5.11 Å². The molecule has 176 valence electrons. The molecule has 0 aromatic carbocycles. The molecule has 0 aliphatic heterocycles. The molecule has 0 spiro atoms. The highest BCUT2D eigenvalue weighted by Gasteiger charge is 2.14. The van der Waals surface area contributed by atoms with Crippen molar-refractivity contribution in [2.75, 3.05) is 19.8 Å². The summed E-state index contributed by atoms with van der Waals surface area (Å²) in [7, 11) is 0. The van der Waals surface area contributed by atoms with Crippen molar-refractivity contribution in [3.05, 3.63) is 0 Å². The topological polar surface area (TPSA) is 38.7 Å². The van der Waals surface area contributed by atoms with Crippen LogP contribution in [0.2, 0.25) is 0 Å². The lowest BCUT2D eigenvalue weighted by molar-refractivity contribution is -0.152. The second-order valence-electron chi connectivity index (χ2n) is 8.92. The van der Waals surface area contributed by atoms with Crippen molar-refractivity contribution in [2.45, 2.75) is 137 Å². The summed E-state index contributed by atoms with van der Waals surface area (Å²) >= 11 is 0. The van der Waals surface area contributed by atoms with Gasteiger partial charge >= 0.3 is 0 Å². The SMILES string of the molecule is CCCCC(CCCC)CCOC(CCCO)OCCC(CCCC)CCCC. The van der Waals surface area contributed by atoms with Gasteiger partial charge in [-0.1, -0.05) is 105 Å². The number of aliphatic hydroxyl groups excluding tert-OH is 1. The molecule has 0 rings (SSSR count). The quantitative estimate of drug-likeness (QED) is 0.173. The number of hydrogen-bond acceptors (Lipinski definition) is 3. The van der Waals surface area contributed by atoms with Gasteiger partial charge in [0, 0.05) is 26.2 Å². The van der Waals surface area contributed by atoms with Crippen LogP contribution in [0.1, 0.15) is 130 Å². The number of ether oxygens (including phenoxy) is 2. The fraction of sp³-hybridized carbons (Fsp3) is 1.00. The summed E-state index contributed by atoms with van der Waals surface area (Å²) in [6.45, 7) is 10.9. The minimum Gasteiger partial charge on any atom is -0.396 e. The van der Waals surface area contributed by atoms with Crippen molar-refractivity contribution in [2.24, 2.45) is 11.8 Å². The Hall–Kier alpha value is -0.120. The highest BCUT2D eigenvalue weighted by atomic mass is 16.7. The average molecular weight is 415 g/mol.